The molecule has 1 rings (SSSR count). The highest BCUT2D eigenvalue weighted by molar-refractivity contribution is 5.87. The average Bonchev–Trinajstić information content (AvgIpc) is 3.09. The van der Waals surface area contributed by atoms with E-state index in [2.05, 4.69) is 35.9 Å². The van der Waals surface area contributed by atoms with E-state index < -0.39 is 17.0 Å². The maximum absolute atomic E-state index is 12.5. The maximum Gasteiger partial charge on any atom is 0.251 e. The lowest BCUT2D eigenvalue weighted by molar-refractivity contribution is -0.525. The standard InChI is InChI=1S/C18H32N6O4/c1-13(2)9-11-20-17(26)15(8-5-10-21-18(19)23-24(27)28)22-16(25)12-14-6-3-4-7-14/h3,6,13-15H,4-5,7-12H2,1-2H3,(H,20,26)(H,22,25)(H3,19,21,23)/t14?,15-/m0/s1. The maximum atomic E-state index is 12.5. The Morgan fingerprint density at radius 3 is 2.61 bits per heavy atom. The lowest BCUT2D eigenvalue weighted by Gasteiger charge is -2.20. The Balaban J connectivity index is 2.47. The molecule has 0 spiro atoms. The number of hydrogen-bond donors (Lipinski definition) is 5. The van der Waals surface area contributed by atoms with Crippen molar-refractivity contribution in [2.45, 2.75) is 58.4 Å². The van der Waals surface area contributed by atoms with Crippen LogP contribution in [0.1, 0.15) is 52.4 Å². The van der Waals surface area contributed by atoms with Crippen molar-refractivity contribution in [2.75, 3.05) is 13.1 Å². The van der Waals surface area contributed by atoms with Crippen LogP contribution in [0, 0.1) is 27.4 Å². The first kappa shape index (κ1) is 23.4. The number of nitro groups is 1. The molecule has 10 heteroatoms. The quantitative estimate of drug-likeness (QED) is 0.0832. The van der Waals surface area contributed by atoms with Gasteiger partial charge in [-0.15, -0.1) is 0 Å². The molecule has 28 heavy (non-hydrogen) atoms. The molecular weight excluding hydrogens is 364 g/mol. The van der Waals surface area contributed by atoms with Crippen molar-refractivity contribution in [1.29, 1.82) is 5.41 Å². The number of hydrazine groups is 1. The summed E-state index contributed by atoms with van der Waals surface area (Å²) in [7, 11) is 0. The molecule has 1 aliphatic carbocycles. The minimum Gasteiger partial charge on any atom is -0.354 e. The molecule has 1 aliphatic rings. The van der Waals surface area contributed by atoms with E-state index in [1.807, 2.05) is 6.08 Å². The normalized spacial score (nSPS) is 16.5. The number of carbonyl (C=O) groups is 2. The molecule has 2 atom stereocenters. The molecule has 0 saturated heterocycles. The number of allylic oxidation sites excluding steroid dienone is 2. The van der Waals surface area contributed by atoms with Crippen LogP contribution in [0.25, 0.3) is 0 Å². The minimum absolute atomic E-state index is 0.156. The second-order valence-corrected chi connectivity index (χ2v) is 7.38. The molecule has 0 bridgehead atoms. The molecule has 158 valence electrons. The van der Waals surface area contributed by atoms with Crippen LogP contribution in [0.4, 0.5) is 0 Å². The molecule has 10 nitrogen and oxygen atoms in total. The number of nitrogens with one attached hydrogen (secondary N) is 5. The molecule has 0 aliphatic heterocycles. The minimum atomic E-state index is -0.821. The van der Waals surface area contributed by atoms with Gasteiger partial charge in [-0.3, -0.25) is 15.0 Å². The zero-order valence-corrected chi connectivity index (χ0v) is 16.6. The van der Waals surface area contributed by atoms with Gasteiger partial charge in [0.1, 0.15) is 6.04 Å². The van der Waals surface area contributed by atoms with Crippen LogP contribution in [0.5, 0.6) is 0 Å². The Labute approximate surface area is 165 Å². The summed E-state index contributed by atoms with van der Waals surface area (Å²) in [6.45, 7) is 4.96. The number of guanidine groups is 1. The number of carbonyl (C=O) groups excluding carboxylic acids is 2. The van der Waals surface area contributed by atoms with E-state index in [0.717, 1.165) is 19.3 Å². The van der Waals surface area contributed by atoms with E-state index in [1.165, 1.54) is 0 Å². The first-order chi connectivity index (χ1) is 13.3. The highest BCUT2D eigenvalue weighted by atomic mass is 16.7. The van der Waals surface area contributed by atoms with Gasteiger partial charge in [-0.1, -0.05) is 31.4 Å². The van der Waals surface area contributed by atoms with Gasteiger partial charge < -0.3 is 16.0 Å². The van der Waals surface area contributed by atoms with Crippen LogP contribution >= 0.6 is 0 Å². The number of hydrogen-bond acceptors (Lipinski definition) is 5. The fraction of sp³-hybridized carbons (Fsp3) is 0.722. The van der Waals surface area contributed by atoms with E-state index in [4.69, 9.17) is 5.41 Å². The number of amides is 2. The molecule has 2 amide bonds. The molecule has 0 heterocycles. The largest absolute Gasteiger partial charge is 0.354 e. The van der Waals surface area contributed by atoms with E-state index in [1.54, 1.807) is 5.43 Å². The van der Waals surface area contributed by atoms with Gasteiger partial charge in [0.25, 0.3) is 5.96 Å². The zero-order valence-electron chi connectivity index (χ0n) is 16.6. The highest BCUT2D eigenvalue weighted by Gasteiger charge is 2.22. The van der Waals surface area contributed by atoms with Gasteiger partial charge in [-0.2, -0.15) is 0 Å². The first-order valence-electron chi connectivity index (χ1n) is 9.75. The lowest BCUT2D eigenvalue weighted by atomic mass is 10.0. The summed E-state index contributed by atoms with van der Waals surface area (Å²) in [6.07, 6.45) is 8.09. The summed E-state index contributed by atoms with van der Waals surface area (Å²) < 4.78 is 0. The van der Waals surface area contributed by atoms with Crippen molar-refractivity contribution in [3.8, 4) is 0 Å². The van der Waals surface area contributed by atoms with Crippen molar-refractivity contribution in [3.05, 3.63) is 22.3 Å². The van der Waals surface area contributed by atoms with E-state index >= 15 is 0 Å². The highest BCUT2D eigenvalue weighted by Crippen LogP contribution is 2.20. The Morgan fingerprint density at radius 1 is 1.25 bits per heavy atom. The third-order valence-electron chi connectivity index (χ3n) is 4.41. The van der Waals surface area contributed by atoms with E-state index in [-0.39, 0.29) is 24.3 Å². The van der Waals surface area contributed by atoms with Crippen molar-refractivity contribution < 1.29 is 14.6 Å². The summed E-state index contributed by atoms with van der Waals surface area (Å²) in [4.78, 5) is 35.0. The topological polar surface area (TPSA) is 149 Å². The van der Waals surface area contributed by atoms with Gasteiger partial charge in [0, 0.05) is 19.5 Å². The van der Waals surface area contributed by atoms with Gasteiger partial charge in [-0.25, -0.2) is 10.1 Å². The van der Waals surface area contributed by atoms with Crippen LogP contribution in [0.2, 0.25) is 0 Å². The van der Waals surface area contributed by atoms with Crippen LogP contribution in [0.15, 0.2) is 12.2 Å². The number of nitrogens with zero attached hydrogens (tertiary/aromatic N) is 1. The molecular formula is C18H32N6O4. The molecule has 0 aromatic carbocycles. The van der Waals surface area contributed by atoms with Gasteiger partial charge in [0.2, 0.25) is 11.8 Å². The fourth-order valence-corrected chi connectivity index (χ4v) is 2.88. The molecule has 0 aromatic rings. The Kier molecular flexibility index (Phi) is 10.6. The van der Waals surface area contributed by atoms with Gasteiger partial charge in [-0.05, 0) is 43.9 Å². The van der Waals surface area contributed by atoms with Crippen LogP contribution < -0.4 is 21.4 Å². The van der Waals surface area contributed by atoms with Crippen molar-refractivity contribution in [2.24, 2.45) is 11.8 Å². The Hall–Kier alpha value is -2.65. The molecule has 0 aromatic heterocycles. The zero-order chi connectivity index (χ0) is 20.9. The summed E-state index contributed by atoms with van der Waals surface area (Å²) in [6, 6.07) is -0.662. The lowest BCUT2D eigenvalue weighted by Crippen LogP contribution is -2.48. The van der Waals surface area contributed by atoms with Crippen LogP contribution in [-0.4, -0.2) is 41.9 Å². The smallest absolute Gasteiger partial charge is 0.251 e. The summed E-state index contributed by atoms with van der Waals surface area (Å²) >= 11 is 0. The van der Waals surface area contributed by atoms with Gasteiger partial charge in [0.05, 0.1) is 0 Å². The van der Waals surface area contributed by atoms with Gasteiger partial charge in [0.15, 0.2) is 5.03 Å². The summed E-state index contributed by atoms with van der Waals surface area (Å²) in [5.74, 6) is -0.113. The SMILES string of the molecule is CC(C)CCNC(=O)[C@H](CCCNC(=N)N[N+](=O)[O-])NC(=O)CC1C=CCC1. The third kappa shape index (κ3) is 10.5. The summed E-state index contributed by atoms with van der Waals surface area (Å²) in [5, 5.41) is 25.0. The van der Waals surface area contributed by atoms with E-state index in [0.29, 0.717) is 31.7 Å². The predicted molar refractivity (Wildman–Crippen MR) is 106 cm³/mol. The predicted octanol–water partition coefficient (Wildman–Crippen LogP) is 1.08. The van der Waals surface area contributed by atoms with Gasteiger partial charge >= 0.3 is 0 Å². The molecule has 1 unspecified atom stereocenters. The van der Waals surface area contributed by atoms with Crippen molar-refractivity contribution in [1.82, 2.24) is 21.4 Å². The van der Waals surface area contributed by atoms with Crippen molar-refractivity contribution in [3.63, 3.8) is 0 Å². The second kappa shape index (κ2) is 12.7. The van der Waals surface area contributed by atoms with Crippen LogP contribution in [0.3, 0.4) is 0 Å². The molecule has 0 radical (unpaired) electrons. The van der Waals surface area contributed by atoms with E-state index in [9.17, 15) is 19.7 Å². The average molecular weight is 396 g/mol. The van der Waals surface area contributed by atoms with Crippen molar-refractivity contribution >= 4 is 17.8 Å². The fourth-order valence-electron chi connectivity index (χ4n) is 2.88. The molecule has 5 N–H and O–H groups in total. The van der Waals surface area contributed by atoms with Crippen LogP contribution in [-0.2, 0) is 9.59 Å². The Morgan fingerprint density at radius 2 is 2.00 bits per heavy atom. The number of rotatable bonds is 12. The molecule has 0 saturated carbocycles. The molecule has 0 fully saturated rings. The summed E-state index contributed by atoms with van der Waals surface area (Å²) in [5.41, 5.74) is 1.70. The monoisotopic (exact) mass is 396 g/mol. The second-order valence-electron chi connectivity index (χ2n) is 7.38. The third-order valence-corrected chi connectivity index (χ3v) is 4.41. The first-order valence-corrected chi connectivity index (χ1v) is 9.75. The Bertz CT molecular complexity index is 578.